The van der Waals surface area contributed by atoms with E-state index in [0.717, 1.165) is 121 Å². The number of nitrogens with zero attached hydrogens (tertiary/aromatic N) is 2. The average Bonchev–Trinajstić information content (AvgIpc) is 4.07. The number of benzene rings is 2. The third kappa shape index (κ3) is 12.4. The lowest BCUT2D eigenvalue weighted by Crippen LogP contribution is -2.30. The maximum Gasteiger partial charge on any atom is 0.261 e. The Morgan fingerprint density at radius 3 is 1.23 bits per heavy atom. The number of carbonyl (C=O) groups is 4. The fourth-order valence-electron chi connectivity index (χ4n) is 7.48. The summed E-state index contributed by atoms with van der Waals surface area (Å²) in [6.45, 7) is 5.57. The lowest BCUT2D eigenvalue weighted by molar-refractivity contribution is -0.124. The molecule has 2 aromatic heterocycles. The highest BCUT2D eigenvalue weighted by Gasteiger charge is 2.49. The van der Waals surface area contributed by atoms with Crippen molar-refractivity contribution >= 4 is 69.6 Å². The summed E-state index contributed by atoms with van der Waals surface area (Å²) < 4.78 is 11.8. The molecule has 0 saturated heterocycles. The Kier molecular flexibility index (Phi) is 16.9. The van der Waals surface area contributed by atoms with Gasteiger partial charge in [-0.15, -0.1) is 22.7 Å². The number of amides is 2. The first kappa shape index (κ1) is 44.2. The van der Waals surface area contributed by atoms with Gasteiger partial charge in [0.1, 0.15) is 11.5 Å². The summed E-state index contributed by atoms with van der Waals surface area (Å²) in [5.74, 6) is 1.59. The minimum Gasteiger partial charge on any atom is -0.494 e. The normalized spacial score (nSPS) is 14.1. The minimum atomic E-state index is -0.0595. The third-order valence-corrected chi connectivity index (χ3v) is 12.3. The number of fused-ring (bicyclic) bond motifs is 1. The second kappa shape index (κ2) is 22.9. The fraction of sp³-hybridized carbons (Fsp3) is 0.360. The molecule has 60 heavy (non-hydrogen) atoms. The summed E-state index contributed by atoms with van der Waals surface area (Å²) in [5.41, 5.74) is 4.62. The van der Waals surface area contributed by atoms with E-state index in [0.29, 0.717) is 37.4 Å². The molecule has 6 rings (SSSR count). The first-order chi connectivity index (χ1) is 29.3. The Labute approximate surface area is 362 Å². The molecule has 8 nitrogen and oxygen atoms in total. The topological polar surface area (TPSA) is 93.2 Å². The Bertz CT molecular complexity index is 2010. The van der Waals surface area contributed by atoms with Crippen molar-refractivity contribution in [2.45, 2.75) is 90.9 Å². The number of ether oxygens (including phenoxy) is 2. The molecule has 4 aromatic rings. The van der Waals surface area contributed by atoms with Gasteiger partial charge >= 0.3 is 0 Å². The predicted octanol–water partition coefficient (Wildman–Crippen LogP) is 11.7. The first-order valence-corrected chi connectivity index (χ1v) is 23.1. The van der Waals surface area contributed by atoms with Crippen molar-refractivity contribution in [1.29, 1.82) is 0 Å². The molecule has 0 bridgehead atoms. The van der Waals surface area contributed by atoms with Gasteiger partial charge in [0.2, 0.25) is 0 Å². The van der Waals surface area contributed by atoms with E-state index in [-0.39, 0.29) is 23.4 Å². The average molecular weight is 845 g/mol. The number of allylic oxidation sites excluding steroid dienone is 2. The van der Waals surface area contributed by atoms with E-state index in [1.807, 2.05) is 93.4 Å². The molecule has 2 aliphatic rings. The largest absolute Gasteiger partial charge is 0.494 e. The highest BCUT2D eigenvalue weighted by Crippen LogP contribution is 2.48. The van der Waals surface area contributed by atoms with Crippen LogP contribution in [0.2, 0.25) is 0 Å². The molecule has 0 unspecified atom stereocenters. The van der Waals surface area contributed by atoms with Crippen LogP contribution in [0.4, 0.5) is 0 Å². The summed E-state index contributed by atoms with van der Waals surface area (Å²) >= 11 is 3.15. The van der Waals surface area contributed by atoms with Crippen molar-refractivity contribution in [1.82, 2.24) is 9.80 Å². The SMILES string of the molecule is CC(=O)/C=C/c1ccc(OCCCCCCCCN2C(=O)C3=C(c4cccs4)N(CCCCCCCCOc4ccc(/C=C/C(C)=O)cc4)C(=O)C3=C2c2cccs2)cc1. The van der Waals surface area contributed by atoms with Crippen molar-refractivity contribution in [2.24, 2.45) is 0 Å². The molecular formula is C50H56N2O6S2. The summed E-state index contributed by atoms with van der Waals surface area (Å²) in [6, 6.07) is 23.6. The third-order valence-electron chi connectivity index (χ3n) is 10.6. The molecule has 2 aliphatic heterocycles. The van der Waals surface area contributed by atoms with E-state index in [4.69, 9.17) is 9.47 Å². The molecule has 2 amide bonds. The van der Waals surface area contributed by atoms with Crippen molar-refractivity contribution in [2.75, 3.05) is 26.3 Å². The zero-order chi connectivity index (χ0) is 42.1. The van der Waals surface area contributed by atoms with Gasteiger partial charge in [-0.2, -0.15) is 0 Å². The van der Waals surface area contributed by atoms with Crippen LogP contribution in [0.3, 0.4) is 0 Å². The van der Waals surface area contributed by atoms with Crippen LogP contribution in [-0.4, -0.2) is 59.5 Å². The Hall–Kier alpha value is -5.32. The Morgan fingerprint density at radius 2 is 0.883 bits per heavy atom. The van der Waals surface area contributed by atoms with Gasteiger partial charge in [0, 0.05) is 13.1 Å². The van der Waals surface area contributed by atoms with Crippen LogP contribution in [0, 0.1) is 0 Å². The minimum absolute atomic E-state index is 0.0258. The van der Waals surface area contributed by atoms with Gasteiger partial charge in [-0.3, -0.25) is 19.2 Å². The van der Waals surface area contributed by atoms with E-state index in [2.05, 4.69) is 0 Å². The van der Waals surface area contributed by atoms with Crippen LogP contribution in [0.15, 0.2) is 107 Å². The van der Waals surface area contributed by atoms with E-state index in [9.17, 15) is 19.2 Å². The van der Waals surface area contributed by atoms with Crippen LogP contribution in [-0.2, 0) is 19.2 Å². The van der Waals surface area contributed by atoms with Crippen LogP contribution >= 0.6 is 22.7 Å². The standard InChI is InChI=1S/C50H56N2O6S2/c1-37(53)19-21-39-23-27-41(28-24-39)57-33-13-9-5-3-7-11-31-51-47(43-17-15-35-59-43)45-46(49(51)55)48(44-18-16-36-60-44)52(50(45)56)32-12-8-4-6-10-14-34-58-42-29-25-40(26-30-42)22-20-38(2)54/h15-30,35-36H,3-14,31-34H2,1-2H3/b21-19+,22-20+. The summed E-state index contributed by atoms with van der Waals surface area (Å²) in [7, 11) is 0. The molecule has 0 atom stereocenters. The molecule has 0 N–H and O–H groups in total. The zero-order valence-electron chi connectivity index (χ0n) is 34.9. The Balaban J connectivity index is 0.948. The Morgan fingerprint density at radius 1 is 0.517 bits per heavy atom. The number of rotatable bonds is 26. The van der Waals surface area contributed by atoms with Gasteiger partial charge in [-0.05, 0) is 110 Å². The van der Waals surface area contributed by atoms with Crippen LogP contribution in [0.1, 0.15) is 112 Å². The van der Waals surface area contributed by atoms with Crippen LogP contribution < -0.4 is 9.47 Å². The molecule has 0 spiro atoms. The fourth-order valence-corrected chi connectivity index (χ4v) is 9.05. The number of carbonyl (C=O) groups excluding carboxylic acids is 4. The zero-order valence-corrected chi connectivity index (χ0v) is 36.5. The van der Waals surface area contributed by atoms with Gasteiger partial charge < -0.3 is 19.3 Å². The van der Waals surface area contributed by atoms with Crippen LogP contribution in [0.5, 0.6) is 11.5 Å². The van der Waals surface area contributed by atoms with E-state index in [1.165, 1.54) is 13.8 Å². The molecule has 0 saturated carbocycles. The molecule has 314 valence electrons. The second-order valence-corrected chi connectivity index (χ2v) is 17.2. The van der Waals surface area contributed by atoms with E-state index < -0.39 is 0 Å². The maximum absolute atomic E-state index is 14.4. The van der Waals surface area contributed by atoms with Gasteiger partial charge in [0.25, 0.3) is 11.8 Å². The number of hydrogen-bond acceptors (Lipinski definition) is 8. The molecule has 10 heteroatoms. The number of hydrogen-bond donors (Lipinski definition) is 0. The van der Waals surface area contributed by atoms with Gasteiger partial charge in [0.05, 0.1) is 45.5 Å². The van der Waals surface area contributed by atoms with Crippen molar-refractivity contribution in [3.05, 3.63) is 128 Å². The maximum atomic E-state index is 14.4. The summed E-state index contributed by atoms with van der Waals surface area (Å²) in [6.07, 6.45) is 18.9. The van der Waals surface area contributed by atoms with Gasteiger partial charge in [0.15, 0.2) is 11.6 Å². The van der Waals surface area contributed by atoms with Crippen molar-refractivity contribution in [3.63, 3.8) is 0 Å². The number of ketones is 2. The monoisotopic (exact) mass is 844 g/mol. The molecule has 0 radical (unpaired) electrons. The first-order valence-electron chi connectivity index (χ1n) is 21.3. The number of thiophene rings is 2. The van der Waals surface area contributed by atoms with Crippen LogP contribution in [0.25, 0.3) is 23.5 Å². The second-order valence-electron chi connectivity index (χ2n) is 15.3. The molecule has 0 fully saturated rings. The highest BCUT2D eigenvalue weighted by atomic mass is 32.1. The predicted molar refractivity (Wildman–Crippen MR) is 245 cm³/mol. The smallest absolute Gasteiger partial charge is 0.261 e. The number of unbranched alkanes of at least 4 members (excludes halogenated alkanes) is 10. The van der Waals surface area contributed by atoms with Gasteiger partial charge in [-0.25, -0.2) is 0 Å². The lowest BCUT2D eigenvalue weighted by atomic mass is 10.1. The molecular weight excluding hydrogens is 789 g/mol. The summed E-state index contributed by atoms with van der Waals surface area (Å²) in [4.78, 5) is 56.8. The summed E-state index contributed by atoms with van der Waals surface area (Å²) in [5, 5.41) is 4.02. The molecule has 4 heterocycles. The van der Waals surface area contributed by atoms with Crippen molar-refractivity contribution in [3.8, 4) is 11.5 Å². The van der Waals surface area contributed by atoms with E-state index in [1.54, 1.807) is 47.0 Å². The highest BCUT2D eigenvalue weighted by molar-refractivity contribution is 7.11. The lowest BCUT2D eigenvalue weighted by Gasteiger charge is -2.24. The van der Waals surface area contributed by atoms with Crippen molar-refractivity contribution < 1.29 is 28.7 Å². The van der Waals surface area contributed by atoms with E-state index >= 15 is 0 Å². The molecule has 0 aliphatic carbocycles. The van der Waals surface area contributed by atoms with Gasteiger partial charge in [-0.1, -0.05) is 99.9 Å². The quantitative estimate of drug-likeness (QED) is 0.0462. The molecule has 2 aromatic carbocycles.